The van der Waals surface area contributed by atoms with Crippen LogP contribution in [0, 0.1) is 0 Å². The zero-order valence-electron chi connectivity index (χ0n) is 12.1. The molecule has 3 rings (SSSR count). The molecule has 0 unspecified atom stereocenters. The van der Waals surface area contributed by atoms with Crippen LogP contribution in [0.5, 0.6) is 0 Å². The molecule has 0 spiro atoms. The number of morpholine rings is 1. The van der Waals surface area contributed by atoms with Crippen molar-refractivity contribution in [2.45, 2.75) is 12.8 Å². The fourth-order valence-electron chi connectivity index (χ4n) is 2.90. The normalized spacial score (nSPS) is 19.7. The Balaban J connectivity index is 1.58. The van der Waals surface area contributed by atoms with Crippen LogP contribution in [-0.2, 0) is 16.0 Å². The van der Waals surface area contributed by atoms with Crippen LogP contribution in [0.25, 0.3) is 0 Å². The number of fused-ring (bicyclic) bond motifs is 1. The summed E-state index contributed by atoms with van der Waals surface area (Å²) in [6, 6.07) is 7.38. The highest BCUT2D eigenvalue weighted by Crippen LogP contribution is 2.19. The Labute approximate surface area is 124 Å². The van der Waals surface area contributed by atoms with Gasteiger partial charge in [0.1, 0.15) is 0 Å². The molecule has 2 aliphatic rings. The molecule has 1 aromatic carbocycles. The summed E-state index contributed by atoms with van der Waals surface area (Å²) in [4.78, 5) is 28.2. The number of ether oxygens (including phenoxy) is 1. The van der Waals surface area contributed by atoms with Crippen LogP contribution in [0.1, 0.15) is 22.3 Å². The number of carbonyl (C=O) groups excluding carboxylic acids is 2. The third-order valence-electron chi connectivity index (χ3n) is 4.10. The van der Waals surface area contributed by atoms with E-state index in [1.54, 1.807) is 6.07 Å². The molecule has 0 saturated carbocycles. The second-order valence-electron chi connectivity index (χ2n) is 5.49. The first kappa shape index (κ1) is 14.2. The van der Waals surface area contributed by atoms with Crippen molar-refractivity contribution in [3.8, 4) is 0 Å². The molecule has 0 radical (unpaired) electrons. The standard InChI is InChI=1S/C16H20N2O3/c19-15-12-13-4-1-2-5-14(13)16(20)18(15)7-3-6-17-8-10-21-11-9-17/h1-2,4-5H,3,6-12H2. The lowest BCUT2D eigenvalue weighted by atomic mass is 9.98. The Morgan fingerprint density at radius 1 is 1.05 bits per heavy atom. The Bertz CT molecular complexity index is 538. The smallest absolute Gasteiger partial charge is 0.260 e. The third-order valence-corrected chi connectivity index (χ3v) is 4.10. The zero-order chi connectivity index (χ0) is 14.7. The van der Waals surface area contributed by atoms with E-state index in [2.05, 4.69) is 4.90 Å². The lowest BCUT2D eigenvalue weighted by Gasteiger charge is -2.29. The molecule has 2 heterocycles. The molecular weight excluding hydrogens is 268 g/mol. The molecule has 0 atom stereocenters. The van der Waals surface area contributed by atoms with Gasteiger partial charge in [0.2, 0.25) is 5.91 Å². The number of carbonyl (C=O) groups is 2. The molecule has 0 aromatic heterocycles. The summed E-state index contributed by atoms with van der Waals surface area (Å²) < 4.78 is 5.31. The van der Waals surface area contributed by atoms with Crippen LogP contribution >= 0.6 is 0 Å². The molecule has 0 aliphatic carbocycles. The van der Waals surface area contributed by atoms with Crippen LogP contribution in [0.15, 0.2) is 24.3 Å². The topological polar surface area (TPSA) is 49.9 Å². The van der Waals surface area contributed by atoms with Gasteiger partial charge in [0, 0.05) is 31.7 Å². The van der Waals surface area contributed by atoms with Crippen molar-refractivity contribution >= 4 is 11.8 Å². The zero-order valence-corrected chi connectivity index (χ0v) is 12.1. The maximum Gasteiger partial charge on any atom is 0.260 e. The van der Waals surface area contributed by atoms with E-state index in [1.165, 1.54) is 4.90 Å². The second kappa shape index (κ2) is 6.37. The Morgan fingerprint density at radius 2 is 1.81 bits per heavy atom. The number of hydrogen-bond donors (Lipinski definition) is 0. The molecule has 5 heteroatoms. The quantitative estimate of drug-likeness (QED) is 0.774. The van der Waals surface area contributed by atoms with Crippen molar-refractivity contribution in [3.63, 3.8) is 0 Å². The van der Waals surface area contributed by atoms with Crippen molar-refractivity contribution in [3.05, 3.63) is 35.4 Å². The Kier molecular flexibility index (Phi) is 4.31. The highest BCUT2D eigenvalue weighted by Gasteiger charge is 2.30. The van der Waals surface area contributed by atoms with E-state index in [4.69, 9.17) is 4.74 Å². The first-order valence-corrected chi connectivity index (χ1v) is 7.48. The van der Waals surface area contributed by atoms with Gasteiger partial charge in [-0.25, -0.2) is 0 Å². The monoisotopic (exact) mass is 288 g/mol. The van der Waals surface area contributed by atoms with Crippen LogP contribution in [0.3, 0.4) is 0 Å². The second-order valence-corrected chi connectivity index (χ2v) is 5.49. The van der Waals surface area contributed by atoms with E-state index in [-0.39, 0.29) is 11.8 Å². The van der Waals surface area contributed by atoms with E-state index in [9.17, 15) is 9.59 Å². The van der Waals surface area contributed by atoms with Crippen molar-refractivity contribution < 1.29 is 14.3 Å². The van der Waals surface area contributed by atoms with Crippen LogP contribution in [-0.4, -0.2) is 61.0 Å². The van der Waals surface area contributed by atoms with Gasteiger partial charge in [0.25, 0.3) is 5.91 Å². The number of amides is 2. The average Bonchev–Trinajstić information content (AvgIpc) is 2.51. The first-order valence-electron chi connectivity index (χ1n) is 7.48. The molecule has 112 valence electrons. The number of imide groups is 1. The van der Waals surface area contributed by atoms with E-state index < -0.39 is 0 Å². The number of nitrogens with zero attached hydrogens (tertiary/aromatic N) is 2. The minimum absolute atomic E-state index is 0.0827. The Morgan fingerprint density at radius 3 is 2.62 bits per heavy atom. The van der Waals surface area contributed by atoms with E-state index in [0.717, 1.165) is 44.8 Å². The molecule has 0 bridgehead atoms. The molecular formula is C16H20N2O3. The van der Waals surface area contributed by atoms with Crippen molar-refractivity contribution in [1.29, 1.82) is 0 Å². The van der Waals surface area contributed by atoms with Gasteiger partial charge in [-0.3, -0.25) is 19.4 Å². The average molecular weight is 288 g/mol. The summed E-state index contributed by atoms with van der Waals surface area (Å²) >= 11 is 0. The molecule has 5 nitrogen and oxygen atoms in total. The van der Waals surface area contributed by atoms with Crippen LogP contribution in [0.2, 0.25) is 0 Å². The summed E-state index contributed by atoms with van der Waals surface area (Å²) in [7, 11) is 0. The molecule has 21 heavy (non-hydrogen) atoms. The number of benzene rings is 1. The summed E-state index contributed by atoms with van der Waals surface area (Å²) in [6.45, 7) is 4.82. The summed E-state index contributed by atoms with van der Waals surface area (Å²) in [5.74, 6) is -0.232. The number of rotatable bonds is 4. The highest BCUT2D eigenvalue weighted by atomic mass is 16.5. The lowest BCUT2D eigenvalue weighted by Crippen LogP contribution is -2.44. The van der Waals surface area contributed by atoms with E-state index in [1.807, 2.05) is 18.2 Å². The summed E-state index contributed by atoms with van der Waals surface area (Å²) in [6.07, 6.45) is 1.15. The third kappa shape index (κ3) is 3.14. The molecule has 1 saturated heterocycles. The molecule has 2 aliphatic heterocycles. The van der Waals surface area contributed by atoms with Crippen molar-refractivity contribution in [2.75, 3.05) is 39.4 Å². The SMILES string of the molecule is O=C1Cc2ccccc2C(=O)N1CCCN1CCOCC1. The fraction of sp³-hybridized carbons (Fsp3) is 0.500. The van der Waals surface area contributed by atoms with Crippen LogP contribution in [0.4, 0.5) is 0 Å². The van der Waals surface area contributed by atoms with E-state index >= 15 is 0 Å². The number of hydrogen-bond acceptors (Lipinski definition) is 4. The predicted molar refractivity (Wildman–Crippen MR) is 78.1 cm³/mol. The maximum absolute atomic E-state index is 12.4. The predicted octanol–water partition coefficient (Wildman–Crippen LogP) is 0.934. The maximum atomic E-state index is 12.4. The molecule has 2 amide bonds. The van der Waals surface area contributed by atoms with Gasteiger partial charge in [-0.2, -0.15) is 0 Å². The van der Waals surface area contributed by atoms with Crippen molar-refractivity contribution in [2.24, 2.45) is 0 Å². The van der Waals surface area contributed by atoms with Gasteiger partial charge >= 0.3 is 0 Å². The molecule has 1 aromatic rings. The highest BCUT2D eigenvalue weighted by molar-refractivity contribution is 6.09. The lowest BCUT2D eigenvalue weighted by molar-refractivity contribution is -0.128. The molecule has 1 fully saturated rings. The van der Waals surface area contributed by atoms with Gasteiger partial charge in [-0.15, -0.1) is 0 Å². The van der Waals surface area contributed by atoms with Gasteiger partial charge in [-0.05, 0) is 18.1 Å². The van der Waals surface area contributed by atoms with Crippen LogP contribution < -0.4 is 0 Å². The first-order chi connectivity index (χ1) is 10.3. The minimum Gasteiger partial charge on any atom is -0.379 e. The van der Waals surface area contributed by atoms with E-state index in [0.29, 0.717) is 18.5 Å². The summed E-state index contributed by atoms with van der Waals surface area (Å²) in [5.41, 5.74) is 1.51. The summed E-state index contributed by atoms with van der Waals surface area (Å²) in [5, 5.41) is 0. The minimum atomic E-state index is -0.149. The van der Waals surface area contributed by atoms with Crippen molar-refractivity contribution in [1.82, 2.24) is 9.80 Å². The Hall–Kier alpha value is -1.72. The van der Waals surface area contributed by atoms with Gasteiger partial charge < -0.3 is 4.74 Å². The van der Waals surface area contributed by atoms with Gasteiger partial charge in [0.15, 0.2) is 0 Å². The fourth-order valence-corrected chi connectivity index (χ4v) is 2.90. The van der Waals surface area contributed by atoms with Gasteiger partial charge in [-0.1, -0.05) is 18.2 Å². The van der Waals surface area contributed by atoms with Gasteiger partial charge in [0.05, 0.1) is 19.6 Å². The largest absolute Gasteiger partial charge is 0.379 e. The molecule has 0 N–H and O–H groups in total.